The lowest BCUT2D eigenvalue weighted by Gasteiger charge is -2.05. The summed E-state index contributed by atoms with van der Waals surface area (Å²) in [4.78, 5) is 11.8. The van der Waals surface area contributed by atoms with E-state index in [0.29, 0.717) is 6.61 Å². The van der Waals surface area contributed by atoms with Crippen molar-refractivity contribution in [2.45, 2.75) is 19.8 Å². The van der Waals surface area contributed by atoms with Crippen molar-refractivity contribution in [3.63, 3.8) is 0 Å². The number of unbranched alkanes of at least 4 members (excludes halogenated alkanes) is 1. The van der Waals surface area contributed by atoms with Gasteiger partial charge in [-0.3, -0.25) is 4.57 Å². The molecule has 17 heavy (non-hydrogen) atoms. The summed E-state index contributed by atoms with van der Waals surface area (Å²) in [7, 11) is 0. The van der Waals surface area contributed by atoms with Crippen LogP contribution < -0.4 is 0 Å². The van der Waals surface area contributed by atoms with Crippen LogP contribution in [-0.2, 0) is 4.74 Å². The molecule has 2 aromatic rings. The predicted octanol–water partition coefficient (Wildman–Crippen LogP) is 4.19. The van der Waals surface area contributed by atoms with Gasteiger partial charge in [0.2, 0.25) is 0 Å². The lowest BCUT2D eigenvalue weighted by Crippen LogP contribution is -2.13. The standard InChI is InChI=1S/C13H14BrNO2/c1-2-3-8-17-13(16)15-7-6-10-4-5-11(14)9-12(10)15/h4-7,9H,2-3,8H2,1H3. The van der Waals surface area contributed by atoms with Crippen molar-refractivity contribution in [3.05, 3.63) is 34.9 Å². The van der Waals surface area contributed by atoms with Crippen LogP contribution in [0.3, 0.4) is 0 Å². The highest BCUT2D eigenvalue weighted by Crippen LogP contribution is 2.21. The van der Waals surface area contributed by atoms with E-state index in [9.17, 15) is 4.79 Å². The fraction of sp³-hybridized carbons (Fsp3) is 0.308. The number of fused-ring (bicyclic) bond motifs is 1. The Morgan fingerprint density at radius 2 is 2.24 bits per heavy atom. The summed E-state index contributed by atoms with van der Waals surface area (Å²) in [6, 6.07) is 7.74. The first-order valence-corrected chi connectivity index (χ1v) is 6.45. The first-order valence-electron chi connectivity index (χ1n) is 5.66. The number of nitrogens with zero attached hydrogens (tertiary/aromatic N) is 1. The largest absolute Gasteiger partial charge is 0.449 e. The third-order valence-electron chi connectivity index (χ3n) is 2.58. The topological polar surface area (TPSA) is 31.2 Å². The zero-order chi connectivity index (χ0) is 12.3. The van der Waals surface area contributed by atoms with E-state index in [1.54, 1.807) is 6.20 Å². The predicted molar refractivity (Wildman–Crippen MR) is 71.3 cm³/mol. The molecule has 0 spiro atoms. The average Bonchev–Trinajstić information content (AvgIpc) is 2.72. The van der Waals surface area contributed by atoms with Crippen LogP contribution in [0.15, 0.2) is 34.9 Å². The van der Waals surface area contributed by atoms with Gasteiger partial charge in [0.05, 0.1) is 12.1 Å². The summed E-state index contributed by atoms with van der Waals surface area (Å²) < 4.78 is 7.67. The number of halogens is 1. The molecule has 1 heterocycles. The van der Waals surface area contributed by atoms with Crippen molar-refractivity contribution in [2.75, 3.05) is 6.61 Å². The molecular weight excluding hydrogens is 282 g/mol. The summed E-state index contributed by atoms with van der Waals surface area (Å²) >= 11 is 3.40. The molecule has 0 atom stereocenters. The number of carbonyl (C=O) groups is 1. The third kappa shape index (κ3) is 2.69. The average molecular weight is 296 g/mol. The lowest BCUT2D eigenvalue weighted by atomic mass is 10.2. The zero-order valence-electron chi connectivity index (χ0n) is 9.65. The summed E-state index contributed by atoms with van der Waals surface area (Å²) in [5.74, 6) is 0. The molecule has 0 aliphatic rings. The minimum Gasteiger partial charge on any atom is -0.449 e. The normalized spacial score (nSPS) is 10.7. The Kier molecular flexibility index (Phi) is 3.84. The van der Waals surface area contributed by atoms with E-state index in [-0.39, 0.29) is 6.09 Å². The van der Waals surface area contributed by atoms with E-state index in [4.69, 9.17) is 4.74 Å². The highest BCUT2D eigenvalue weighted by atomic mass is 79.9. The van der Waals surface area contributed by atoms with Crippen LogP contribution in [0, 0.1) is 0 Å². The molecule has 3 nitrogen and oxygen atoms in total. The van der Waals surface area contributed by atoms with Crippen LogP contribution in [0.2, 0.25) is 0 Å². The Bertz CT molecular complexity index is 533. The molecule has 4 heteroatoms. The molecule has 0 aliphatic carbocycles. The number of benzene rings is 1. The van der Waals surface area contributed by atoms with Crippen LogP contribution in [0.25, 0.3) is 10.9 Å². The quantitative estimate of drug-likeness (QED) is 0.795. The molecule has 0 amide bonds. The van der Waals surface area contributed by atoms with E-state index in [2.05, 4.69) is 22.9 Å². The first kappa shape index (κ1) is 12.2. The highest BCUT2D eigenvalue weighted by Gasteiger charge is 2.09. The number of aromatic nitrogens is 1. The Morgan fingerprint density at radius 3 is 3.00 bits per heavy atom. The fourth-order valence-corrected chi connectivity index (χ4v) is 1.98. The first-order chi connectivity index (χ1) is 8.22. The molecule has 0 radical (unpaired) electrons. The molecular formula is C13H14BrNO2. The van der Waals surface area contributed by atoms with Gasteiger partial charge in [-0.25, -0.2) is 4.79 Å². The van der Waals surface area contributed by atoms with Gasteiger partial charge in [-0.15, -0.1) is 0 Å². The van der Waals surface area contributed by atoms with Crippen molar-refractivity contribution < 1.29 is 9.53 Å². The SMILES string of the molecule is CCCCOC(=O)n1ccc2ccc(Br)cc21. The number of hydrogen-bond donors (Lipinski definition) is 0. The summed E-state index contributed by atoms with van der Waals surface area (Å²) in [5, 5.41) is 1.03. The maximum atomic E-state index is 11.8. The molecule has 0 unspecified atom stereocenters. The third-order valence-corrected chi connectivity index (χ3v) is 3.07. The molecule has 1 aromatic carbocycles. The van der Waals surface area contributed by atoms with E-state index < -0.39 is 0 Å². The van der Waals surface area contributed by atoms with Crippen molar-refractivity contribution in [1.29, 1.82) is 0 Å². The lowest BCUT2D eigenvalue weighted by molar-refractivity contribution is 0.147. The molecule has 0 N–H and O–H groups in total. The molecule has 1 aromatic heterocycles. The van der Waals surface area contributed by atoms with Crippen molar-refractivity contribution in [2.24, 2.45) is 0 Å². The monoisotopic (exact) mass is 295 g/mol. The van der Waals surface area contributed by atoms with Gasteiger partial charge < -0.3 is 4.74 Å². The summed E-state index contributed by atoms with van der Waals surface area (Å²) in [6.07, 6.45) is 3.34. The second-order valence-electron chi connectivity index (χ2n) is 3.86. The molecule has 90 valence electrons. The zero-order valence-corrected chi connectivity index (χ0v) is 11.2. The Balaban J connectivity index is 2.23. The number of hydrogen-bond acceptors (Lipinski definition) is 2. The maximum absolute atomic E-state index is 11.8. The van der Waals surface area contributed by atoms with Gasteiger partial charge in [-0.1, -0.05) is 35.3 Å². The van der Waals surface area contributed by atoms with Gasteiger partial charge in [0, 0.05) is 16.1 Å². The van der Waals surface area contributed by atoms with E-state index in [1.807, 2.05) is 24.3 Å². The summed E-state index contributed by atoms with van der Waals surface area (Å²) in [5.41, 5.74) is 0.862. The number of rotatable bonds is 3. The van der Waals surface area contributed by atoms with Crippen molar-refractivity contribution in [3.8, 4) is 0 Å². The number of carbonyl (C=O) groups excluding carboxylic acids is 1. The Labute approximate surface area is 108 Å². The smallest absolute Gasteiger partial charge is 0.418 e. The minimum absolute atomic E-state index is 0.313. The molecule has 0 saturated heterocycles. The molecule has 0 bridgehead atoms. The molecule has 0 saturated carbocycles. The van der Waals surface area contributed by atoms with Crippen LogP contribution in [0.1, 0.15) is 19.8 Å². The van der Waals surface area contributed by atoms with E-state index in [1.165, 1.54) is 4.57 Å². The van der Waals surface area contributed by atoms with E-state index in [0.717, 1.165) is 28.2 Å². The second-order valence-corrected chi connectivity index (χ2v) is 4.77. The van der Waals surface area contributed by atoms with E-state index >= 15 is 0 Å². The molecule has 0 aliphatic heterocycles. The molecule has 2 rings (SSSR count). The highest BCUT2D eigenvalue weighted by molar-refractivity contribution is 9.10. The van der Waals surface area contributed by atoms with Gasteiger partial charge in [0.25, 0.3) is 0 Å². The Hall–Kier alpha value is -1.29. The number of ether oxygens (including phenoxy) is 1. The van der Waals surface area contributed by atoms with Gasteiger partial charge >= 0.3 is 6.09 Å². The van der Waals surface area contributed by atoms with Gasteiger partial charge in [-0.05, 0) is 24.6 Å². The molecule has 0 fully saturated rings. The van der Waals surface area contributed by atoms with Gasteiger partial charge in [-0.2, -0.15) is 0 Å². The van der Waals surface area contributed by atoms with Crippen LogP contribution in [0.5, 0.6) is 0 Å². The van der Waals surface area contributed by atoms with Gasteiger partial charge in [0.15, 0.2) is 0 Å². The Morgan fingerprint density at radius 1 is 1.41 bits per heavy atom. The maximum Gasteiger partial charge on any atom is 0.418 e. The summed E-state index contributed by atoms with van der Waals surface area (Å²) in [6.45, 7) is 2.54. The fourth-order valence-electron chi connectivity index (χ4n) is 1.63. The second kappa shape index (κ2) is 5.36. The van der Waals surface area contributed by atoms with Crippen LogP contribution in [0.4, 0.5) is 4.79 Å². The van der Waals surface area contributed by atoms with Gasteiger partial charge in [0.1, 0.15) is 0 Å². The van der Waals surface area contributed by atoms with Crippen molar-refractivity contribution in [1.82, 2.24) is 4.57 Å². The minimum atomic E-state index is -0.313. The van der Waals surface area contributed by atoms with Crippen LogP contribution in [-0.4, -0.2) is 17.3 Å². The van der Waals surface area contributed by atoms with Crippen LogP contribution >= 0.6 is 15.9 Å². The van der Waals surface area contributed by atoms with Crippen molar-refractivity contribution >= 4 is 32.9 Å².